The van der Waals surface area contributed by atoms with Crippen molar-refractivity contribution in [3.63, 3.8) is 0 Å². The Kier molecular flexibility index (Phi) is 4.15. The number of rotatable bonds is 5. The predicted octanol–water partition coefficient (Wildman–Crippen LogP) is 3.54. The number of aromatic nitrogens is 3. The summed E-state index contributed by atoms with van der Waals surface area (Å²) in [4.78, 5) is 3.97. The third-order valence-electron chi connectivity index (χ3n) is 3.15. The summed E-state index contributed by atoms with van der Waals surface area (Å²) in [7, 11) is 0. The van der Waals surface area contributed by atoms with Crippen molar-refractivity contribution in [3.05, 3.63) is 60.2 Å². The van der Waals surface area contributed by atoms with Gasteiger partial charge in [0, 0.05) is 10.9 Å². The topological polar surface area (TPSA) is 30.7 Å². The van der Waals surface area contributed by atoms with Crippen molar-refractivity contribution >= 4 is 11.6 Å². The van der Waals surface area contributed by atoms with E-state index in [-0.39, 0.29) is 0 Å². The van der Waals surface area contributed by atoms with E-state index in [9.17, 15) is 0 Å². The number of nitrogens with zero attached hydrogens (tertiary/aromatic N) is 3. The first-order valence-electron chi connectivity index (χ1n) is 5.91. The Balaban J connectivity index is 2.24. The maximum atomic E-state index is 5.92. The average molecular weight is 262 g/mol. The molecule has 94 valence electrons. The fourth-order valence-corrected chi connectivity index (χ4v) is 2.10. The minimum absolute atomic E-state index is 0.321. The van der Waals surface area contributed by atoms with Gasteiger partial charge in [-0.1, -0.05) is 36.7 Å². The second-order valence-electron chi connectivity index (χ2n) is 4.37. The highest BCUT2D eigenvalue weighted by atomic mass is 35.5. The van der Waals surface area contributed by atoms with Crippen molar-refractivity contribution < 1.29 is 0 Å². The Bertz CT molecular complexity index is 490. The van der Waals surface area contributed by atoms with E-state index >= 15 is 0 Å². The fourth-order valence-electron chi connectivity index (χ4n) is 1.98. The van der Waals surface area contributed by atoms with Crippen LogP contribution < -0.4 is 0 Å². The van der Waals surface area contributed by atoms with Gasteiger partial charge in [0.2, 0.25) is 0 Å². The zero-order valence-corrected chi connectivity index (χ0v) is 11.1. The molecule has 0 saturated heterocycles. The summed E-state index contributed by atoms with van der Waals surface area (Å²) in [6.45, 7) is 6.82. The van der Waals surface area contributed by atoms with Crippen LogP contribution in [0.2, 0.25) is 5.02 Å². The molecule has 2 unspecified atom stereocenters. The number of hydrogen-bond donors (Lipinski definition) is 0. The number of hydrogen-bond acceptors (Lipinski definition) is 2. The third kappa shape index (κ3) is 2.99. The lowest BCUT2D eigenvalue weighted by Crippen LogP contribution is -2.15. The molecule has 0 N–H and O–H groups in total. The summed E-state index contributed by atoms with van der Waals surface area (Å²) in [5, 5.41) is 4.92. The van der Waals surface area contributed by atoms with E-state index in [4.69, 9.17) is 11.6 Å². The Morgan fingerprint density at radius 1 is 1.39 bits per heavy atom. The number of halogens is 1. The predicted molar refractivity (Wildman–Crippen MR) is 73.6 cm³/mol. The number of benzene rings is 1. The van der Waals surface area contributed by atoms with E-state index in [2.05, 4.69) is 35.7 Å². The highest BCUT2D eigenvalue weighted by Crippen LogP contribution is 2.28. The lowest BCUT2D eigenvalue weighted by atomic mass is 9.87. The van der Waals surface area contributed by atoms with Gasteiger partial charge >= 0.3 is 0 Å². The molecule has 2 rings (SSSR count). The van der Waals surface area contributed by atoms with E-state index in [1.165, 1.54) is 5.56 Å². The van der Waals surface area contributed by atoms with Gasteiger partial charge < -0.3 is 0 Å². The summed E-state index contributed by atoms with van der Waals surface area (Å²) < 4.78 is 1.85. The molecule has 2 aromatic rings. The minimum atomic E-state index is 0.321. The summed E-state index contributed by atoms with van der Waals surface area (Å²) in [5.74, 6) is 0.678. The van der Waals surface area contributed by atoms with E-state index in [0.717, 1.165) is 11.6 Å². The van der Waals surface area contributed by atoms with Gasteiger partial charge in [-0.15, -0.1) is 6.58 Å². The molecule has 2 atom stereocenters. The lowest BCUT2D eigenvalue weighted by Gasteiger charge is -2.21. The molecule has 0 aliphatic heterocycles. The van der Waals surface area contributed by atoms with Gasteiger partial charge in [-0.2, -0.15) is 5.10 Å². The second kappa shape index (κ2) is 5.83. The molecule has 0 aliphatic rings. The molecule has 1 aromatic heterocycles. The Morgan fingerprint density at radius 2 is 2.11 bits per heavy atom. The van der Waals surface area contributed by atoms with Gasteiger partial charge in [-0.05, 0) is 23.6 Å². The van der Waals surface area contributed by atoms with Gasteiger partial charge in [-0.25, -0.2) is 4.98 Å². The van der Waals surface area contributed by atoms with Gasteiger partial charge in [0.05, 0.1) is 6.54 Å². The second-order valence-corrected chi connectivity index (χ2v) is 4.81. The highest BCUT2D eigenvalue weighted by Gasteiger charge is 2.18. The van der Waals surface area contributed by atoms with Crippen LogP contribution in [0.25, 0.3) is 0 Å². The van der Waals surface area contributed by atoms with Gasteiger partial charge in [0.1, 0.15) is 12.7 Å². The van der Waals surface area contributed by atoms with Crippen molar-refractivity contribution in [1.82, 2.24) is 14.8 Å². The Morgan fingerprint density at radius 3 is 2.67 bits per heavy atom. The standard InChI is InChI=1S/C14H16ClN3/c1-3-11(2)14(8-18-10-16-9-17-18)12-4-6-13(15)7-5-12/h3-7,9-11,14H,1,8H2,2H3. The van der Waals surface area contributed by atoms with Gasteiger partial charge in [-0.3, -0.25) is 4.68 Å². The molecule has 3 nitrogen and oxygen atoms in total. The van der Waals surface area contributed by atoms with Crippen molar-refractivity contribution in [2.45, 2.75) is 19.4 Å². The van der Waals surface area contributed by atoms with Crippen LogP contribution in [0, 0.1) is 5.92 Å². The first-order valence-corrected chi connectivity index (χ1v) is 6.29. The quantitative estimate of drug-likeness (QED) is 0.771. The molecule has 0 amide bonds. The monoisotopic (exact) mass is 261 g/mol. The van der Waals surface area contributed by atoms with E-state index in [1.54, 1.807) is 12.7 Å². The van der Waals surface area contributed by atoms with Crippen LogP contribution >= 0.6 is 11.6 Å². The van der Waals surface area contributed by atoms with E-state index in [1.807, 2.05) is 22.9 Å². The number of allylic oxidation sites excluding steroid dienone is 1. The van der Waals surface area contributed by atoms with Crippen LogP contribution in [0.4, 0.5) is 0 Å². The largest absolute Gasteiger partial charge is 0.252 e. The summed E-state index contributed by atoms with van der Waals surface area (Å²) in [6, 6.07) is 7.95. The maximum Gasteiger partial charge on any atom is 0.137 e. The highest BCUT2D eigenvalue weighted by molar-refractivity contribution is 6.30. The molecule has 1 aromatic carbocycles. The first kappa shape index (κ1) is 12.8. The SMILES string of the molecule is C=CC(C)C(Cn1cncn1)c1ccc(Cl)cc1. The van der Waals surface area contributed by atoms with Crippen molar-refractivity contribution in [3.8, 4) is 0 Å². The fraction of sp³-hybridized carbons (Fsp3) is 0.286. The molecule has 0 aliphatic carbocycles. The van der Waals surface area contributed by atoms with Gasteiger partial charge in [0.25, 0.3) is 0 Å². The van der Waals surface area contributed by atoms with Crippen LogP contribution in [0.1, 0.15) is 18.4 Å². The van der Waals surface area contributed by atoms with Crippen LogP contribution in [0.5, 0.6) is 0 Å². The van der Waals surface area contributed by atoms with Crippen molar-refractivity contribution in [2.75, 3.05) is 0 Å². The van der Waals surface area contributed by atoms with Crippen molar-refractivity contribution in [2.24, 2.45) is 5.92 Å². The minimum Gasteiger partial charge on any atom is -0.252 e. The van der Waals surface area contributed by atoms with Crippen molar-refractivity contribution in [1.29, 1.82) is 0 Å². The first-order chi connectivity index (χ1) is 8.70. The molecule has 4 heteroatoms. The van der Waals surface area contributed by atoms with Crippen LogP contribution in [0.3, 0.4) is 0 Å². The third-order valence-corrected chi connectivity index (χ3v) is 3.41. The average Bonchev–Trinajstić information content (AvgIpc) is 2.89. The Hall–Kier alpha value is -1.61. The van der Waals surface area contributed by atoms with E-state index < -0.39 is 0 Å². The maximum absolute atomic E-state index is 5.92. The van der Waals surface area contributed by atoms with Gasteiger partial charge in [0.15, 0.2) is 0 Å². The Labute approximate surface area is 112 Å². The molecule has 0 bridgehead atoms. The van der Waals surface area contributed by atoms with Crippen LogP contribution in [-0.2, 0) is 6.54 Å². The smallest absolute Gasteiger partial charge is 0.137 e. The molecule has 0 fully saturated rings. The lowest BCUT2D eigenvalue weighted by molar-refractivity contribution is 0.443. The van der Waals surface area contributed by atoms with Crippen LogP contribution in [-0.4, -0.2) is 14.8 Å². The molecule has 0 saturated carbocycles. The molecule has 1 heterocycles. The molecule has 18 heavy (non-hydrogen) atoms. The summed E-state index contributed by atoms with van der Waals surface area (Å²) in [6.07, 6.45) is 5.26. The van der Waals surface area contributed by atoms with Crippen LogP contribution in [0.15, 0.2) is 49.6 Å². The normalized spacial score (nSPS) is 14.1. The molecule has 0 spiro atoms. The van der Waals surface area contributed by atoms with E-state index in [0.29, 0.717) is 11.8 Å². The molecular weight excluding hydrogens is 246 g/mol. The zero-order valence-electron chi connectivity index (χ0n) is 10.3. The molecule has 0 radical (unpaired) electrons. The zero-order chi connectivity index (χ0) is 13.0. The molecular formula is C14H16ClN3. The summed E-state index contributed by atoms with van der Waals surface area (Å²) >= 11 is 5.92. The summed E-state index contributed by atoms with van der Waals surface area (Å²) in [5.41, 5.74) is 1.24.